The quantitative estimate of drug-likeness (QED) is 0.787. The van der Waals surface area contributed by atoms with E-state index in [1.54, 1.807) is 0 Å². The number of aromatic hydroxyl groups is 1. The molecule has 0 saturated heterocycles. The second kappa shape index (κ2) is 5.54. The zero-order chi connectivity index (χ0) is 13.1. The van der Waals surface area contributed by atoms with Crippen molar-refractivity contribution in [3.8, 4) is 5.75 Å². The zero-order valence-corrected chi connectivity index (χ0v) is 11.5. The summed E-state index contributed by atoms with van der Waals surface area (Å²) in [4.78, 5) is 0. The van der Waals surface area contributed by atoms with Crippen LogP contribution in [-0.4, -0.2) is 11.7 Å². The topological polar surface area (TPSA) is 46.2 Å². The average Bonchev–Trinajstić information content (AvgIpc) is 2.21. The van der Waals surface area contributed by atoms with Crippen LogP contribution in [0.2, 0.25) is 0 Å². The van der Waals surface area contributed by atoms with Gasteiger partial charge in [-0.05, 0) is 54.8 Å². The summed E-state index contributed by atoms with van der Waals surface area (Å²) < 4.78 is 0. The molecule has 0 aliphatic carbocycles. The number of phenols is 1. The number of aryl methyl sites for hydroxylation is 2. The third kappa shape index (κ3) is 3.74. The summed E-state index contributed by atoms with van der Waals surface area (Å²) >= 11 is 0. The minimum absolute atomic E-state index is 0.0152. The van der Waals surface area contributed by atoms with Crippen LogP contribution in [0, 0.1) is 6.92 Å². The van der Waals surface area contributed by atoms with E-state index in [-0.39, 0.29) is 5.41 Å². The Bertz CT molecular complexity index is 377. The Morgan fingerprint density at radius 2 is 1.82 bits per heavy atom. The summed E-state index contributed by atoms with van der Waals surface area (Å²) in [6.07, 6.45) is 3.22. The maximum Gasteiger partial charge on any atom is 0.122 e. The van der Waals surface area contributed by atoms with Gasteiger partial charge in [-0.1, -0.05) is 32.9 Å². The van der Waals surface area contributed by atoms with E-state index in [4.69, 9.17) is 5.73 Å². The van der Waals surface area contributed by atoms with Crippen LogP contribution in [0.25, 0.3) is 0 Å². The van der Waals surface area contributed by atoms with E-state index in [9.17, 15) is 5.11 Å². The molecule has 0 bridgehead atoms. The fourth-order valence-corrected chi connectivity index (χ4v) is 2.04. The highest BCUT2D eigenvalue weighted by molar-refractivity contribution is 5.46. The SMILES string of the molecule is Cc1cc(CCCCN)cc(C(C)(C)C)c1O. The molecule has 0 radical (unpaired) electrons. The molecule has 1 aromatic carbocycles. The Morgan fingerprint density at radius 3 is 2.35 bits per heavy atom. The van der Waals surface area contributed by atoms with Crippen molar-refractivity contribution < 1.29 is 5.11 Å². The maximum absolute atomic E-state index is 10.1. The first kappa shape index (κ1) is 14.0. The molecule has 2 nitrogen and oxygen atoms in total. The fourth-order valence-electron chi connectivity index (χ4n) is 2.04. The summed E-state index contributed by atoms with van der Waals surface area (Å²) in [5.41, 5.74) is 8.81. The molecule has 0 unspecified atom stereocenters. The van der Waals surface area contributed by atoms with Crippen LogP contribution in [-0.2, 0) is 11.8 Å². The third-order valence-corrected chi connectivity index (χ3v) is 3.09. The van der Waals surface area contributed by atoms with Crippen molar-refractivity contribution in [3.63, 3.8) is 0 Å². The lowest BCUT2D eigenvalue weighted by atomic mass is 9.83. The predicted octanol–water partition coefficient (Wildman–Crippen LogP) is 3.28. The van der Waals surface area contributed by atoms with Crippen LogP contribution in [0.5, 0.6) is 5.75 Å². The molecule has 17 heavy (non-hydrogen) atoms. The lowest BCUT2D eigenvalue weighted by molar-refractivity contribution is 0.442. The molecular formula is C15H25NO. The molecule has 0 aliphatic heterocycles. The van der Waals surface area contributed by atoms with Gasteiger partial charge in [-0.15, -0.1) is 0 Å². The van der Waals surface area contributed by atoms with Gasteiger partial charge in [0, 0.05) is 0 Å². The van der Waals surface area contributed by atoms with Crippen molar-refractivity contribution in [2.24, 2.45) is 5.73 Å². The Labute approximate surface area is 105 Å². The molecule has 0 saturated carbocycles. The van der Waals surface area contributed by atoms with E-state index >= 15 is 0 Å². The monoisotopic (exact) mass is 235 g/mol. The van der Waals surface area contributed by atoms with Crippen molar-refractivity contribution in [2.45, 2.75) is 52.4 Å². The molecule has 3 N–H and O–H groups in total. The van der Waals surface area contributed by atoms with E-state index in [1.807, 2.05) is 6.92 Å². The van der Waals surface area contributed by atoms with Crippen LogP contribution < -0.4 is 5.73 Å². The first-order chi connectivity index (χ1) is 7.86. The number of benzene rings is 1. The minimum atomic E-state index is -0.0152. The van der Waals surface area contributed by atoms with Gasteiger partial charge in [0.1, 0.15) is 5.75 Å². The Balaban J connectivity index is 2.98. The van der Waals surface area contributed by atoms with Crippen LogP contribution in [0.15, 0.2) is 12.1 Å². The molecule has 2 heteroatoms. The first-order valence-electron chi connectivity index (χ1n) is 6.39. The highest BCUT2D eigenvalue weighted by Gasteiger charge is 2.19. The molecule has 1 rings (SSSR count). The summed E-state index contributed by atoms with van der Waals surface area (Å²) in [5.74, 6) is 0.445. The fraction of sp³-hybridized carbons (Fsp3) is 0.600. The second-order valence-electron chi connectivity index (χ2n) is 5.80. The summed E-state index contributed by atoms with van der Waals surface area (Å²) in [6.45, 7) is 9.11. The molecule has 0 aliphatic rings. The van der Waals surface area contributed by atoms with Crippen molar-refractivity contribution in [1.82, 2.24) is 0 Å². The molecule has 0 heterocycles. The molecule has 0 atom stereocenters. The zero-order valence-electron chi connectivity index (χ0n) is 11.5. The summed E-state index contributed by atoms with van der Waals surface area (Å²) in [6, 6.07) is 4.22. The lowest BCUT2D eigenvalue weighted by Crippen LogP contribution is -2.12. The van der Waals surface area contributed by atoms with Gasteiger partial charge in [-0.2, -0.15) is 0 Å². The van der Waals surface area contributed by atoms with Crippen molar-refractivity contribution >= 4 is 0 Å². The van der Waals surface area contributed by atoms with Gasteiger partial charge in [-0.3, -0.25) is 0 Å². The number of rotatable bonds is 4. The number of unbranched alkanes of at least 4 members (excludes halogenated alkanes) is 1. The van der Waals surface area contributed by atoms with E-state index < -0.39 is 0 Å². The molecule has 0 aromatic heterocycles. The molecule has 0 spiro atoms. The smallest absolute Gasteiger partial charge is 0.122 e. The molecule has 0 amide bonds. The van der Waals surface area contributed by atoms with Crippen LogP contribution in [0.4, 0.5) is 0 Å². The van der Waals surface area contributed by atoms with E-state index in [0.29, 0.717) is 5.75 Å². The number of nitrogens with two attached hydrogens (primary N) is 1. The average molecular weight is 235 g/mol. The molecular weight excluding hydrogens is 210 g/mol. The van der Waals surface area contributed by atoms with Crippen LogP contribution in [0.3, 0.4) is 0 Å². The highest BCUT2D eigenvalue weighted by atomic mass is 16.3. The maximum atomic E-state index is 10.1. The van der Waals surface area contributed by atoms with Crippen LogP contribution in [0.1, 0.15) is 50.3 Å². The lowest BCUT2D eigenvalue weighted by Gasteiger charge is -2.22. The Morgan fingerprint density at radius 1 is 1.18 bits per heavy atom. The van der Waals surface area contributed by atoms with Gasteiger partial charge in [0.15, 0.2) is 0 Å². The summed E-state index contributed by atoms with van der Waals surface area (Å²) in [5, 5.41) is 10.1. The van der Waals surface area contributed by atoms with E-state index in [1.165, 1.54) is 5.56 Å². The van der Waals surface area contributed by atoms with Crippen molar-refractivity contribution in [1.29, 1.82) is 0 Å². The second-order valence-corrected chi connectivity index (χ2v) is 5.80. The predicted molar refractivity (Wildman–Crippen MR) is 73.5 cm³/mol. The number of hydrogen-bond donors (Lipinski definition) is 2. The van der Waals surface area contributed by atoms with E-state index in [0.717, 1.165) is 36.9 Å². The Hall–Kier alpha value is -1.02. The van der Waals surface area contributed by atoms with E-state index in [2.05, 4.69) is 32.9 Å². The Kier molecular flexibility index (Phi) is 4.58. The van der Waals surface area contributed by atoms with Crippen molar-refractivity contribution in [3.05, 3.63) is 28.8 Å². The first-order valence-corrected chi connectivity index (χ1v) is 6.39. The van der Waals surface area contributed by atoms with Gasteiger partial charge in [0.2, 0.25) is 0 Å². The van der Waals surface area contributed by atoms with Gasteiger partial charge in [0.25, 0.3) is 0 Å². The number of phenolic OH excluding ortho intramolecular Hbond substituents is 1. The van der Waals surface area contributed by atoms with Gasteiger partial charge in [0.05, 0.1) is 0 Å². The van der Waals surface area contributed by atoms with Crippen LogP contribution >= 0.6 is 0 Å². The van der Waals surface area contributed by atoms with Crippen molar-refractivity contribution in [2.75, 3.05) is 6.54 Å². The standard InChI is InChI=1S/C15H25NO/c1-11-9-12(7-5-6-8-16)10-13(14(11)17)15(2,3)4/h9-10,17H,5-8,16H2,1-4H3. The van der Waals surface area contributed by atoms with Gasteiger partial charge in [-0.25, -0.2) is 0 Å². The minimum Gasteiger partial charge on any atom is -0.507 e. The summed E-state index contributed by atoms with van der Waals surface area (Å²) in [7, 11) is 0. The van der Waals surface area contributed by atoms with Gasteiger partial charge < -0.3 is 10.8 Å². The largest absolute Gasteiger partial charge is 0.507 e. The number of hydrogen-bond acceptors (Lipinski definition) is 2. The highest BCUT2D eigenvalue weighted by Crippen LogP contribution is 2.34. The molecule has 0 fully saturated rings. The third-order valence-electron chi connectivity index (χ3n) is 3.09. The van der Waals surface area contributed by atoms with Gasteiger partial charge >= 0.3 is 0 Å². The molecule has 96 valence electrons. The normalized spacial score (nSPS) is 11.8. The molecule has 1 aromatic rings.